The van der Waals surface area contributed by atoms with E-state index in [2.05, 4.69) is 15.1 Å². The van der Waals surface area contributed by atoms with Crippen LogP contribution in [-0.2, 0) is 4.79 Å². The van der Waals surface area contributed by atoms with Crippen molar-refractivity contribution < 1.29 is 4.79 Å². The Balaban J connectivity index is 1.83. The minimum atomic E-state index is 0.364. The number of likely N-dealkylation sites (N-methyl/N-ethyl adjacent to an activating group) is 1. The van der Waals surface area contributed by atoms with Crippen LogP contribution in [-0.4, -0.2) is 61.5 Å². The highest BCUT2D eigenvalue weighted by Crippen LogP contribution is 2.22. The van der Waals surface area contributed by atoms with Crippen molar-refractivity contribution in [3.05, 3.63) is 0 Å². The molecule has 14 heavy (non-hydrogen) atoms. The monoisotopic (exact) mass is 197 g/mol. The van der Waals surface area contributed by atoms with Gasteiger partial charge in [0.15, 0.2) is 0 Å². The van der Waals surface area contributed by atoms with Gasteiger partial charge in [0, 0.05) is 45.2 Å². The molecule has 1 amide bonds. The Kier molecular flexibility index (Phi) is 3.03. The number of piperazine rings is 1. The van der Waals surface area contributed by atoms with E-state index in [-0.39, 0.29) is 0 Å². The summed E-state index contributed by atoms with van der Waals surface area (Å²) in [5, 5.41) is 3.16. The molecule has 0 aromatic carbocycles. The van der Waals surface area contributed by atoms with Gasteiger partial charge in [-0.1, -0.05) is 0 Å². The third-order valence-electron chi connectivity index (χ3n) is 3.26. The number of fused-ring (bicyclic) bond motifs is 1. The maximum atomic E-state index is 11.4. The van der Waals surface area contributed by atoms with E-state index in [0.29, 0.717) is 11.9 Å². The number of carbonyl (C=O) groups excluding carboxylic acids is 1. The second kappa shape index (κ2) is 4.28. The molecule has 2 saturated heterocycles. The van der Waals surface area contributed by atoms with Gasteiger partial charge >= 0.3 is 0 Å². The Morgan fingerprint density at radius 1 is 1.50 bits per heavy atom. The number of amides is 1. The summed E-state index contributed by atoms with van der Waals surface area (Å²) in [7, 11) is 1.98. The lowest BCUT2D eigenvalue weighted by molar-refractivity contribution is -0.130. The molecule has 2 rings (SSSR count). The van der Waals surface area contributed by atoms with Gasteiger partial charge in [0.1, 0.15) is 0 Å². The molecule has 0 aromatic heterocycles. The Hall–Kier alpha value is -0.610. The molecule has 2 heterocycles. The van der Waals surface area contributed by atoms with Gasteiger partial charge in [-0.05, 0) is 13.5 Å². The van der Waals surface area contributed by atoms with E-state index in [4.69, 9.17) is 0 Å². The first-order valence-electron chi connectivity index (χ1n) is 5.47. The van der Waals surface area contributed by atoms with E-state index in [0.717, 1.165) is 45.6 Å². The highest BCUT2D eigenvalue weighted by Gasteiger charge is 2.34. The molecule has 0 radical (unpaired) electrons. The van der Waals surface area contributed by atoms with E-state index >= 15 is 0 Å². The van der Waals surface area contributed by atoms with E-state index in [1.807, 2.05) is 7.05 Å². The Bertz CT molecular complexity index is 219. The summed E-state index contributed by atoms with van der Waals surface area (Å²) in [5.74, 6) is 0.364. The van der Waals surface area contributed by atoms with Crippen LogP contribution in [0.15, 0.2) is 0 Å². The van der Waals surface area contributed by atoms with Gasteiger partial charge in [-0.15, -0.1) is 0 Å². The van der Waals surface area contributed by atoms with Gasteiger partial charge in [0.2, 0.25) is 5.91 Å². The van der Waals surface area contributed by atoms with Crippen molar-refractivity contribution in [2.75, 3.05) is 39.8 Å². The predicted octanol–water partition coefficient (Wildman–Crippen LogP) is -0.488. The van der Waals surface area contributed by atoms with Crippen molar-refractivity contribution in [1.29, 1.82) is 0 Å². The van der Waals surface area contributed by atoms with Crippen LogP contribution in [0.1, 0.15) is 12.8 Å². The summed E-state index contributed by atoms with van der Waals surface area (Å²) in [5.41, 5.74) is 0. The van der Waals surface area contributed by atoms with E-state index in [1.54, 1.807) is 0 Å². The highest BCUT2D eigenvalue weighted by atomic mass is 16.2. The lowest BCUT2D eigenvalue weighted by Crippen LogP contribution is -2.52. The zero-order chi connectivity index (χ0) is 9.97. The van der Waals surface area contributed by atoms with Gasteiger partial charge < -0.3 is 10.2 Å². The standard InChI is InChI=1S/C10H19N3O/c1-11-4-5-12-6-7-13-9(8-12)2-3-10(13)14/h9,11H,2-8H2,1H3. The van der Waals surface area contributed by atoms with E-state index in [9.17, 15) is 4.79 Å². The highest BCUT2D eigenvalue weighted by molar-refractivity contribution is 5.78. The molecule has 4 heteroatoms. The van der Waals surface area contributed by atoms with Gasteiger partial charge in [-0.25, -0.2) is 0 Å². The minimum absolute atomic E-state index is 0.364. The minimum Gasteiger partial charge on any atom is -0.337 e. The summed E-state index contributed by atoms with van der Waals surface area (Å²) in [6.07, 6.45) is 1.83. The first kappa shape index (κ1) is 9.93. The van der Waals surface area contributed by atoms with Gasteiger partial charge in [-0.3, -0.25) is 9.69 Å². The first-order chi connectivity index (χ1) is 6.81. The molecular formula is C10H19N3O. The fraction of sp³-hybridized carbons (Fsp3) is 0.900. The van der Waals surface area contributed by atoms with Crippen molar-refractivity contribution in [3.8, 4) is 0 Å². The molecule has 0 bridgehead atoms. The average molecular weight is 197 g/mol. The molecule has 0 spiro atoms. The largest absolute Gasteiger partial charge is 0.337 e. The van der Waals surface area contributed by atoms with Gasteiger partial charge in [-0.2, -0.15) is 0 Å². The topological polar surface area (TPSA) is 35.6 Å². The molecule has 1 atom stereocenters. The second-order valence-electron chi connectivity index (χ2n) is 4.18. The third kappa shape index (κ3) is 1.91. The molecule has 2 fully saturated rings. The van der Waals surface area contributed by atoms with Crippen molar-refractivity contribution in [1.82, 2.24) is 15.1 Å². The molecular weight excluding hydrogens is 178 g/mol. The smallest absolute Gasteiger partial charge is 0.222 e. The Morgan fingerprint density at radius 2 is 2.36 bits per heavy atom. The summed E-state index contributed by atoms with van der Waals surface area (Å²) < 4.78 is 0. The van der Waals surface area contributed by atoms with Gasteiger partial charge in [0.05, 0.1) is 0 Å². The van der Waals surface area contributed by atoms with Crippen LogP contribution in [0.3, 0.4) is 0 Å². The molecule has 2 aliphatic rings. The summed E-state index contributed by atoms with van der Waals surface area (Å²) >= 11 is 0. The van der Waals surface area contributed by atoms with Crippen LogP contribution >= 0.6 is 0 Å². The van der Waals surface area contributed by atoms with Crippen molar-refractivity contribution in [3.63, 3.8) is 0 Å². The number of hydrogen-bond donors (Lipinski definition) is 1. The number of carbonyl (C=O) groups is 1. The predicted molar refractivity (Wildman–Crippen MR) is 55.1 cm³/mol. The van der Waals surface area contributed by atoms with Crippen molar-refractivity contribution >= 4 is 5.91 Å². The molecule has 4 nitrogen and oxygen atoms in total. The molecule has 2 aliphatic heterocycles. The third-order valence-corrected chi connectivity index (χ3v) is 3.26. The number of nitrogens with zero attached hydrogens (tertiary/aromatic N) is 2. The lowest BCUT2D eigenvalue weighted by Gasteiger charge is -2.37. The Morgan fingerprint density at radius 3 is 3.14 bits per heavy atom. The zero-order valence-electron chi connectivity index (χ0n) is 8.83. The maximum Gasteiger partial charge on any atom is 0.222 e. The average Bonchev–Trinajstić information content (AvgIpc) is 2.57. The van der Waals surface area contributed by atoms with Crippen molar-refractivity contribution in [2.45, 2.75) is 18.9 Å². The van der Waals surface area contributed by atoms with E-state index in [1.165, 1.54) is 0 Å². The van der Waals surface area contributed by atoms with Crippen LogP contribution in [0.4, 0.5) is 0 Å². The lowest BCUT2D eigenvalue weighted by atomic mass is 10.1. The second-order valence-corrected chi connectivity index (χ2v) is 4.18. The SMILES string of the molecule is CNCCN1CCN2C(=O)CCC2C1. The maximum absolute atomic E-state index is 11.4. The molecule has 0 saturated carbocycles. The number of rotatable bonds is 3. The zero-order valence-corrected chi connectivity index (χ0v) is 8.83. The summed E-state index contributed by atoms with van der Waals surface area (Å²) in [4.78, 5) is 15.9. The summed E-state index contributed by atoms with van der Waals surface area (Å²) in [6.45, 7) is 5.21. The Labute approximate surface area is 85.2 Å². The fourth-order valence-electron chi connectivity index (χ4n) is 2.40. The quantitative estimate of drug-likeness (QED) is 0.663. The van der Waals surface area contributed by atoms with Crippen LogP contribution in [0.5, 0.6) is 0 Å². The van der Waals surface area contributed by atoms with Crippen LogP contribution in [0, 0.1) is 0 Å². The fourth-order valence-corrected chi connectivity index (χ4v) is 2.40. The van der Waals surface area contributed by atoms with Gasteiger partial charge in [0.25, 0.3) is 0 Å². The normalized spacial score (nSPS) is 28.2. The molecule has 80 valence electrons. The van der Waals surface area contributed by atoms with Crippen molar-refractivity contribution in [2.24, 2.45) is 0 Å². The van der Waals surface area contributed by atoms with Crippen LogP contribution in [0.25, 0.3) is 0 Å². The first-order valence-corrected chi connectivity index (χ1v) is 5.47. The molecule has 0 aliphatic carbocycles. The number of nitrogens with one attached hydrogen (secondary N) is 1. The molecule has 1 N–H and O–H groups in total. The van der Waals surface area contributed by atoms with Crippen LogP contribution < -0.4 is 5.32 Å². The summed E-state index contributed by atoms with van der Waals surface area (Å²) in [6, 6.07) is 0.508. The number of hydrogen-bond acceptors (Lipinski definition) is 3. The molecule has 1 unspecified atom stereocenters. The molecule has 0 aromatic rings. The van der Waals surface area contributed by atoms with Crippen LogP contribution in [0.2, 0.25) is 0 Å². The van der Waals surface area contributed by atoms with E-state index < -0.39 is 0 Å².